The number of hydrogen-bond donors (Lipinski definition) is 1. The van der Waals surface area contributed by atoms with Gasteiger partial charge in [-0.1, -0.05) is 0 Å². The SMILES string of the molecule is O=C(CCl)c1c[nH]c2ncc(OC(F)(F)F)cc12. The van der Waals surface area contributed by atoms with Crippen LogP contribution in [0.5, 0.6) is 5.75 Å². The van der Waals surface area contributed by atoms with Crippen LogP contribution >= 0.6 is 11.6 Å². The van der Waals surface area contributed by atoms with Gasteiger partial charge in [0, 0.05) is 17.1 Å². The fourth-order valence-corrected chi connectivity index (χ4v) is 1.62. The number of hydrogen-bond acceptors (Lipinski definition) is 3. The van der Waals surface area contributed by atoms with E-state index in [1.54, 1.807) is 0 Å². The number of pyridine rings is 1. The molecule has 0 amide bonds. The summed E-state index contributed by atoms with van der Waals surface area (Å²) in [4.78, 5) is 17.8. The number of halogens is 4. The first-order valence-corrected chi connectivity index (χ1v) is 5.26. The molecule has 4 nitrogen and oxygen atoms in total. The second-order valence-electron chi connectivity index (χ2n) is 3.37. The van der Waals surface area contributed by atoms with E-state index in [9.17, 15) is 18.0 Å². The van der Waals surface area contributed by atoms with E-state index in [-0.39, 0.29) is 22.5 Å². The Morgan fingerprint density at radius 2 is 2.22 bits per heavy atom. The van der Waals surface area contributed by atoms with Crippen LogP contribution in [0.2, 0.25) is 0 Å². The molecular weight excluding hydrogens is 273 g/mol. The van der Waals surface area contributed by atoms with Crippen molar-refractivity contribution in [2.45, 2.75) is 6.36 Å². The Balaban J connectivity index is 2.45. The van der Waals surface area contributed by atoms with Crippen LogP contribution in [-0.4, -0.2) is 28.0 Å². The van der Waals surface area contributed by atoms with Gasteiger partial charge < -0.3 is 9.72 Å². The number of aromatic nitrogens is 2. The van der Waals surface area contributed by atoms with Crippen molar-refractivity contribution in [2.24, 2.45) is 0 Å². The van der Waals surface area contributed by atoms with Gasteiger partial charge in [-0.05, 0) is 6.07 Å². The first-order valence-electron chi connectivity index (χ1n) is 4.73. The summed E-state index contributed by atoms with van der Waals surface area (Å²) >= 11 is 5.39. The van der Waals surface area contributed by atoms with Crippen LogP contribution in [-0.2, 0) is 0 Å². The molecule has 96 valence electrons. The number of ether oxygens (including phenoxy) is 1. The Kier molecular flexibility index (Phi) is 3.16. The molecule has 0 aromatic carbocycles. The molecule has 0 aliphatic carbocycles. The molecule has 0 bridgehead atoms. The normalized spacial score (nSPS) is 11.8. The second-order valence-corrected chi connectivity index (χ2v) is 3.64. The lowest BCUT2D eigenvalue weighted by molar-refractivity contribution is -0.274. The average Bonchev–Trinajstić information content (AvgIpc) is 2.69. The highest BCUT2D eigenvalue weighted by molar-refractivity contribution is 6.31. The molecule has 0 unspecified atom stereocenters. The molecule has 8 heteroatoms. The van der Waals surface area contributed by atoms with E-state index in [1.165, 1.54) is 6.20 Å². The molecule has 18 heavy (non-hydrogen) atoms. The van der Waals surface area contributed by atoms with Crippen molar-refractivity contribution in [3.8, 4) is 5.75 Å². The second kappa shape index (κ2) is 4.49. The van der Waals surface area contributed by atoms with Crippen molar-refractivity contribution in [2.75, 3.05) is 5.88 Å². The standard InChI is InChI=1S/C10H6ClF3N2O2/c11-2-8(17)7-4-16-9-6(7)1-5(3-15-9)18-10(12,13)14/h1,3-4H,2H2,(H,15,16). The largest absolute Gasteiger partial charge is 0.573 e. The van der Waals surface area contributed by atoms with E-state index in [0.717, 1.165) is 12.3 Å². The molecule has 2 aromatic heterocycles. The van der Waals surface area contributed by atoms with Crippen LogP contribution in [0.25, 0.3) is 11.0 Å². The van der Waals surface area contributed by atoms with Crippen LogP contribution in [0.15, 0.2) is 18.5 Å². The number of Topliss-reactive ketones (excluding diaryl/α,β-unsaturated/α-hetero) is 1. The molecule has 2 rings (SSSR count). The van der Waals surface area contributed by atoms with Crippen molar-refractivity contribution >= 4 is 28.4 Å². The third-order valence-corrected chi connectivity index (χ3v) is 2.40. The molecule has 1 N–H and O–H groups in total. The van der Waals surface area contributed by atoms with Gasteiger partial charge >= 0.3 is 6.36 Å². The van der Waals surface area contributed by atoms with Crippen LogP contribution < -0.4 is 4.74 Å². The van der Waals surface area contributed by atoms with E-state index in [0.29, 0.717) is 0 Å². The molecule has 0 radical (unpaired) electrons. The van der Waals surface area contributed by atoms with Gasteiger partial charge in [0.2, 0.25) is 0 Å². The fraction of sp³-hybridized carbons (Fsp3) is 0.200. The Morgan fingerprint density at radius 1 is 1.50 bits per heavy atom. The van der Waals surface area contributed by atoms with E-state index in [2.05, 4.69) is 14.7 Å². The summed E-state index contributed by atoms with van der Waals surface area (Å²) < 4.78 is 39.9. The van der Waals surface area contributed by atoms with Crippen LogP contribution in [0, 0.1) is 0 Å². The van der Waals surface area contributed by atoms with E-state index >= 15 is 0 Å². The van der Waals surface area contributed by atoms with Crippen molar-refractivity contribution in [1.82, 2.24) is 9.97 Å². The predicted octanol–water partition coefficient (Wildman–Crippen LogP) is 2.88. The topological polar surface area (TPSA) is 55.0 Å². The number of nitrogens with zero attached hydrogens (tertiary/aromatic N) is 1. The first kappa shape index (κ1) is 12.7. The zero-order valence-electron chi connectivity index (χ0n) is 8.71. The van der Waals surface area contributed by atoms with Gasteiger partial charge in [-0.25, -0.2) is 4.98 Å². The summed E-state index contributed by atoms with van der Waals surface area (Å²) in [6.07, 6.45) is -2.54. The van der Waals surface area contributed by atoms with Gasteiger partial charge in [0.25, 0.3) is 0 Å². The van der Waals surface area contributed by atoms with Crippen LogP contribution in [0.1, 0.15) is 10.4 Å². The minimum absolute atomic E-state index is 0.181. The van der Waals surface area contributed by atoms with E-state index in [4.69, 9.17) is 11.6 Å². The Labute approximate surface area is 104 Å². The summed E-state index contributed by atoms with van der Waals surface area (Å²) in [5, 5.41) is 0.238. The van der Waals surface area contributed by atoms with E-state index in [1.807, 2.05) is 0 Å². The van der Waals surface area contributed by atoms with Gasteiger partial charge in [-0.2, -0.15) is 0 Å². The van der Waals surface area contributed by atoms with Gasteiger partial charge in [0.15, 0.2) is 5.78 Å². The molecule has 2 heterocycles. The van der Waals surface area contributed by atoms with Gasteiger partial charge in [0.1, 0.15) is 11.4 Å². The molecule has 0 atom stereocenters. The van der Waals surface area contributed by atoms with Crippen molar-refractivity contribution in [1.29, 1.82) is 0 Å². The maximum Gasteiger partial charge on any atom is 0.573 e. The number of fused-ring (bicyclic) bond motifs is 1. The van der Waals surface area contributed by atoms with Gasteiger partial charge in [0.05, 0.1) is 12.1 Å². The average molecular weight is 279 g/mol. The van der Waals surface area contributed by atoms with E-state index < -0.39 is 17.9 Å². The lowest BCUT2D eigenvalue weighted by Crippen LogP contribution is -2.17. The first-order chi connectivity index (χ1) is 8.40. The highest BCUT2D eigenvalue weighted by atomic mass is 35.5. The van der Waals surface area contributed by atoms with Gasteiger partial charge in [-0.3, -0.25) is 4.79 Å². The minimum Gasteiger partial charge on any atom is -0.404 e. The highest BCUT2D eigenvalue weighted by Crippen LogP contribution is 2.26. The number of rotatable bonds is 3. The molecule has 2 aromatic rings. The Hall–Kier alpha value is -1.76. The maximum atomic E-state index is 12.0. The summed E-state index contributed by atoms with van der Waals surface area (Å²) in [6.45, 7) is 0. The summed E-state index contributed by atoms with van der Waals surface area (Å²) in [7, 11) is 0. The van der Waals surface area contributed by atoms with Crippen molar-refractivity contribution < 1.29 is 22.7 Å². The lowest BCUT2D eigenvalue weighted by Gasteiger charge is -2.08. The smallest absolute Gasteiger partial charge is 0.404 e. The lowest BCUT2D eigenvalue weighted by atomic mass is 10.1. The third-order valence-electron chi connectivity index (χ3n) is 2.16. The van der Waals surface area contributed by atoms with Gasteiger partial charge in [-0.15, -0.1) is 24.8 Å². The predicted molar refractivity (Wildman–Crippen MR) is 57.8 cm³/mol. The number of alkyl halides is 4. The molecule has 0 spiro atoms. The number of ketones is 1. The van der Waals surface area contributed by atoms with Crippen molar-refractivity contribution in [3.05, 3.63) is 24.0 Å². The summed E-state index contributed by atoms with van der Waals surface area (Å²) in [6, 6.07) is 1.09. The number of carbonyl (C=O) groups excluding carboxylic acids is 1. The molecule has 0 saturated carbocycles. The molecular formula is C10H6ClF3N2O2. The maximum absolute atomic E-state index is 12.0. The van der Waals surface area contributed by atoms with Crippen LogP contribution in [0.3, 0.4) is 0 Å². The van der Waals surface area contributed by atoms with Crippen LogP contribution in [0.4, 0.5) is 13.2 Å². The Morgan fingerprint density at radius 3 is 2.83 bits per heavy atom. The summed E-state index contributed by atoms with van der Waals surface area (Å²) in [5.41, 5.74) is 0.470. The Bertz CT molecular complexity index is 594. The molecule has 0 aliphatic rings. The zero-order chi connectivity index (χ0) is 13.3. The monoisotopic (exact) mass is 278 g/mol. The number of nitrogens with one attached hydrogen (secondary N) is 1. The minimum atomic E-state index is -4.80. The fourth-order valence-electron chi connectivity index (χ4n) is 1.48. The van der Waals surface area contributed by atoms with Crippen molar-refractivity contribution in [3.63, 3.8) is 0 Å². The highest BCUT2D eigenvalue weighted by Gasteiger charge is 2.31. The summed E-state index contributed by atoms with van der Waals surface area (Å²) in [5.74, 6) is -1.16. The number of aromatic amines is 1. The molecule has 0 aliphatic heterocycles. The molecule has 0 saturated heterocycles. The zero-order valence-corrected chi connectivity index (χ0v) is 9.47. The number of carbonyl (C=O) groups is 1. The quantitative estimate of drug-likeness (QED) is 0.694. The molecule has 0 fully saturated rings. The third kappa shape index (κ3) is 2.56. The number of H-pyrrole nitrogens is 1.